The first-order chi connectivity index (χ1) is 12.2. The van der Waals surface area contributed by atoms with Crippen LogP contribution < -0.4 is 10.5 Å². The van der Waals surface area contributed by atoms with Crippen molar-refractivity contribution >= 4 is 15.7 Å². The molecule has 1 aromatic heterocycles. The number of halogens is 3. The highest BCUT2D eigenvalue weighted by Crippen LogP contribution is 2.27. The van der Waals surface area contributed by atoms with E-state index in [9.17, 15) is 21.6 Å². The van der Waals surface area contributed by atoms with Gasteiger partial charge in [0.25, 0.3) is 0 Å². The van der Waals surface area contributed by atoms with Crippen LogP contribution in [0.15, 0.2) is 64.5 Å². The number of nitrogens with two attached hydrogens (primary N) is 1. The van der Waals surface area contributed by atoms with Gasteiger partial charge >= 0.3 is 6.36 Å². The zero-order valence-corrected chi connectivity index (χ0v) is 13.7. The van der Waals surface area contributed by atoms with Gasteiger partial charge in [0.2, 0.25) is 14.9 Å². The van der Waals surface area contributed by atoms with Crippen molar-refractivity contribution in [3.05, 3.63) is 54.6 Å². The standard InChI is InChI=1S/C15H11F3N4O3S/c16-15(17,18)25-11-8-6-10(7-9-11)22-13(19)14(20-21-22)26(23,24)12-4-2-1-3-5-12/h1-9H,19H2. The van der Waals surface area contributed by atoms with Crippen LogP contribution in [0.3, 0.4) is 0 Å². The first kappa shape index (κ1) is 17.7. The van der Waals surface area contributed by atoms with E-state index in [-0.39, 0.29) is 16.4 Å². The van der Waals surface area contributed by atoms with Crippen molar-refractivity contribution < 1.29 is 26.3 Å². The van der Waals surface area contributed by atoms with Crippen molar-refractivity contribution in [3.63, 3.8) is 0 Å². The maximum Gasteiger partial charge on any atom is 0.573 e. The quantitative estimate of drug-likeness (QED) is 0.742. The van der Waals surface area contributed by atoms with Crippen LogP contribution in [0, 0.1) is 0 Å². The molecule has 7 nitrogen and oxygen atoms in total. The third-order valence-electron chi connectivity index (χ3n) is 3.30. The molecule has 136 valence electrons. The molecule has 0 spiro atoms. The summed E-state index contributed by atoms with van der Waals surface area (Å²) in [5, 5.41) is 6.85. The monoisotopic (exact) mass is 384 g/mol. The number of nitrogens with zero attached hydrogens (tertiary/aromatic N) is 3. The molecule has 2 N–H and O–H groups in total. The summed E-state index contributed by atoms with van der Waals surface area (Å²) in [4.78, 5) is -0.00678. The Morgan fingerprint density at radius 1 is 1.00 bits per heavy atom. The Morgan fingerprint density at radius 2 is 1.62 bits per heavy atom. The molecule has 0 bridgehead atoms. The minimum Gasteiger partial charge on any atom is -0.406 e. The highest BCUT2D eigenvalue weighted by Gasteiger charge is 2.31. The predicted molar refractivity (Wildman–Crippen MR) is 84.3 cm³/mol. The molecule has 2 aromatic carbocycles. The number of nitrogen functional groups attached to an aromatic ring is 1. The van der Waals surface area contributed by atoms with Crippen LogP contribution in [0.25, 0.3) is 5.69 Å². The summed E-state index contributed by atoms with van der Waals surface area (Å²) in [6, 6.07) is 12.1. The molecule has 0 fully saturated rings. The Bertz CT molecular complexity index is 1020. The van der Waals surface area contributed by atoms with Gasteiger partial charge in [-0.2, -0.15) is 4.68 Å². The van der Waals surface area contributed by atoms with Gasteiger partial charge in [0.1, 0.15) is 5.75 Å². The summed E-state index contributed by atoms with van der Waals surface area (Å²) in [5.41, 5.74) is 6.07. The van der Waals surface area contributed by atoms with Crippen LogP contribution in [0.5, 0.6) is 5.75 Å². The largest absolute Gasteiger partial charge is 0.573 e. The van der Waals surface area contributed by atoms with Crippen molar-refractivity contribution in [1.29, 1.82) is 0 Å². The molecule has 0 radical (unpaired) electrons. The fourth-order valence-corrected chi connectivity index (χ4v) is 3.40. The van der Waals surface area contributed by atoms with E-state index in [0.717, 1.165) is 16.8 Å². The Morgan fingerprint density at radius 3 is 2.19 bits per heavy atom. The molecule has 0 aliphatic rings. The molecule has 26 heavy (non-hydrogen) atoms. The van der Waals surface area contributed by atoms with Gasteiger partial charge < -0.3 is 10.5 Å². The second-order valence-electron chi connectivity index (χ2n) is 5.05. The number of sulfone groups is 1. The van der Waals surface area contributed by atoms with Crippen LogP contribution in [0.4, 0.5) is 19.0 Å². The number of ether oxygens (including phenoxy) is 1. The van der Waals surface area contributed by atoms with Gasteiger partial charge in [0.05, 0.1) is 10.6 Å². The van der Waals surface area contributed by atoms with Crippen LogP contribution in [-0.2, 0) is 9.84 Å². The summed E-state index contributed by atoms with van der Waals surface area (Å²) >= 11 is 0. The van der Waals surface area contributed by atoms with Crippen molar-refractivity contribution in [3.8, 4) is 11.4 Å². The fourth-order valence-electron chi connectivity index (χ4n) is 2.16. The molecule has 0 aliphatic heterocycles. The molecular weight excluding hydrogens is 373 g/mol. The van der Waals surface area contributed by atoms with Crippen LogP contribution in [0.2, 0.25) is 0 Å². The fraction of sp³-hybridized carbons (Fsp3) is 0.0667. The number of rotatable bonds is 4. The van der Waals surface area contributed by atoms with Gasteiger partial charge in [0, 0.05) is 0 Å². The topological polar surface area (TPSA) is 100 Å². The third kappa shape index (κ3) is 3.47. The van der Waals surface area contributed by atoms with Crippen LogP contribution >= 0.6 is 0 Å². The van der Waals surface area contributed by atoms with Crippen LogP contribution in [0.1, 0.15) is 0 Å². The lowest BCUT2D eigenvalue weighted by molar-refractivity contribution is -0.274. The van der Waals surface area contributed by atoms with E-state index < -0.39 is 27.0 Å². The zero-order chi connectivity index (χ0) is 18.9. The highest BCUT2D eigenvalue weighted by molar-refractivity contribution is 7.91. The smallest absolute Gasteiger partial charge is 0.406 e. The summed E-state index contributed by atoms with van der Waals surface area (Å²) < 4.78 is 66.5. The van der Waals surface area contributed by atoms with Gasteiger partial charge in [-0.05, 0) is 36.4 Å². The molecular formula is C15H11F3N4O3S. The van der Waals surface area contributed by atoms with E-state index >= 15 is 0 Å². The molecule has 3 rings (SSSR count). The zero-order valence-electron chi connectivity index (χ0n) is 12.9. The first-order valence-corrected chi connectivity index (χ1v) is 8.54. The molecule has 0 saturated carbocycles. The van der Waals surface area contributed by atoms with E-state index in [0.29, 0.717) is 0 Å². The summed E-state index contributed by atoms with van der Waals surface area (Å²) in [6.45, 7) is 0. The molecule has 0 unspecified atom stereocenters. The van der Waals surface area contributed by atoms with E-state index in [2.05, 4.69) is 15.0 Å². The first-order valence-electron chi connectivity index (χ1n) is 7.06. The third-order valence-corrected chi connectivity index (χ3v) is 4.99. The number of benzene rings is 2. The highest BCUT2D eigenvalue weighted by atomic mass is 32.2. The molecule has 3 aromatic rings. The second kappa shape index (κ2) is 6.33. The summed E-state index contributed by atoms with van der Waals surface area (Å²) in [6.07, 6.45) is -4.81. The lowest BCUT2D eigenvalue weighted by atomic mass is 10.3. The molecule has 1 heterocycles. The van der Waals surface area contributed by atoms with Crippen molar-refractivity contribution in [2.75, 3.05) is 5.73 Å². The SMILES string of the molecule is Nc1c(S(=O)(=O)c2ccccc2)nnn1-c1ccc(OC(F)(F)F)cc1. The number of aromatic nitrogens is 3. The maximum atomic E-state index is 12.6. The average Bonchev–Trinajstić information content (AvgIpc) is 2.97. The minimum atomic E-state index is -4.81. The molecule has 0 aliphatic carbocycles. The van der Waals surface area contributed by atoms with Gasteiger partial charge in [0.15, 0.2) is 5.82 Å². The predicted octanol–water partition coefficient (Wildman–Crippen LogP) is 2.58. The second-order valence-corrected chi connectivity index (χ2v) is 6.91. The van der Waals surface area contributed by atoms with E-state index in [4.69, 9.17) is 5.73 Å². The number of hydrogen-bond acceptors (Lipinski definition) is 6. The average molecular weight is 384 g/mol. The lowest BCUT2D eigenvalue weighted by Gasteiger charge is -2.09. The Hall–Kier alpha value is -3.08. The minimum absolute atomic E-state index is 0.00678. The van der Waals surface area contributed by atoms with Crippen molar-refractivity contribution in [1.82, 2.24) is 15.0 Å². The Balaban J connectivity index is 1.95. The number of alkyl halides is 3. The Kier molecular flexibility index (Phi) is 4.32. The summed E-state index contributed by atoms with van der Waals surface area (Å²) in [7, 11) is -3.98. The van der Waals surface area contributed by atoms with Gasteiger partial charge in [-0.15, -0.1) is 18.3 Å². The molecule has 0 saturated heterocycles. The maximum absolute atomic E-state index is 12.6. The van der Waals surface area contributed by atoms with Crippen molar-refractivity contribution in [2.45, 2.75) is 16.3 Å². The van der Waals surface area contributed by atoms with E-state index in [1.807, 2.05) is 0 Å². The van der Waals surface area contributed by atoms with Gasteiger partial charge in [-0.3, -0.25) is 0 Å². The normalized spacial score (nSPS) is 12.1. The number of hydrogen-bond donors (Lipinski definition) is 1. The molecule has 0 amide bonds. The van der Waals surface area contributed by atoms with Gasteiger partial charge in [-0.25, -0.2) is 8.42 Å². The van der Waals surface area contributed by atoms with E-state index in [1.165, 1.54) is 24.3 Å². The number of anilines is 1. The van der Waals surface area contributed by atoms with Gasteiger partial charge in [-0.1, -0.05) is 23.4 Å². The molecule has 11 heteroatoms. The summed E-state index contributed by atoms with van der Waals surface area (Å²) in [5.74, 6) is -0.699. The Labute approximate surface area is 145 Å². The van der Waals surface area contributed by atoms with Crippen molar-refractivity contribution in [2.24, 2.45) is 0 Å². The molecule has 0 atom stereocenters. The van der Waals surface area contributed by atoms with E-state index in [1.54, 1.807) is 18.2 Å². The van der Waals surface area contributed by atoms with Crippen LogP contribution in [-0.4, -0.2) is 29.8 Å². The lowest BCUT2D eigenvalue weighted by Crippen LogP contribution is -2.17.